The van der Waals surface area contributed by atoms with Gasteiger partial charge >= 0.3 is 0 Å². The highest BCUT2D eigenvalue weighted by molar-refractivity contribution is 7.81. The van der Waals surface area contributed by atoms with Crippen LogP contribution in [0.4, 0.5) is 10.1 Å². The summed E-state index contributed by atoms with van der Waals surface area (Å²) in [5.41, 5.74) is 6.13. The van der Waals surface area contributed by atoms with Crippen LogP contribution in [0.25, 0.3) is 0 Å². The fourth-order valence-corrected chi connectivity index (χ4v) is 2.16. The van der Waals surface area contributed by atoms with Crippen LogP contribution in [0.2, 0.25) is 0 Å². The topological polar surface area (TPSA) is 49.6 Å². The molecule has 6 heteroatoms. The van der Waals surface area contributed by atoms with Gasteiger partial charge in [0.25, 0.3) is 5.91 Å². The van der Waals surface area contributed by atoms with Crippen LogP contribution in [0.3, 0.4) is 0 Å². The third kappa shape index (κ3) is 2.76. The Kier molecular flexibility index (Phi) is 3.76. The Labute approximate surface area is 110 Å². The van der Waals surface area contributed by atoms with Crippen LogP contribution in [0.1, 0.15) is 0 Å². The number of primary amides is 1. The summed E-state index contributed by atoms with van der Waals surface area (Å²) in [4.78, 5) is 15.1. The molecular formula is C12H14FN3OS. The van der Waals surface area contributed by atoms with Crippen LogP contribution in [0, 0.1) is 5.82 Å². The van der Waals surface area contributed by atoms with Gasteiger partial charge in [0, 0.05) is 31.9 Å². The summed E-state index contributed by atoms with van der Waals surface area (Å²) < 4.78 is 12.8. The standard InChI is InChI=1S/C12H14FN3OS/c13-9-1-3-10(4-2-9)15-5-7-16(8-6-15)12(18)11(14)17/h1-4H,5-8H2,(H2,14,17). The molecule has 0 aromatic heterocycles. The molecule has 2 N–H and O–H groups in total. The number of benzene rings is 1. The Balaban J connectivity index is 1.96. The quantitative estimate of drug-likeness (QED) is 0.763. The fraction of sp³-hybridized carbons (Fsp3) is 0.333. The molecule has 0 radical (unpaired) electrons. The maximum absolute atomic E-state index is 12.8. The van der Waals surface area contributed by atoms with Gasteiger partial charge in [0.05, 0.1) is 0 Å². The lowest BCUT2D eigenvalue weighted by Crippen LogP contribution is -2.51. The number of nitrogens with two attached hydrogens (primary N) is 1. The van der Waals surface area contributed by atoms with Gasteiger partial charge in [-0.3, -0.25) is 4.79 Å². The molecule has 1 aliphatic rings. The molecule has 96 valence electrons. The molecule has 18 heavy (non-hydrogen) atoms. The molecule has 0 saturated carbocycles. The molecule has 1 aliphatic heterocycles. The zero-order valence-corrected chi connectivity index (χ0v) is 10.6. The molecule has 2 rings (SSSR count). The molecule has 1 saturated heterocycles. The average Bonchev–Trinajstić information content (AvgIpc) is 2.39. The number of carbonyl (C=O) groups excluding carboxylic acids is 1. The highest BCUT2D eigenvalue weighted by Crippen LogP contribution is 2.17. The molecule has 4 nitrogen and oxygen atoms in total. The second kappa shape index (κ2) is 5.30. The number of anilines is 1. The van der Waals surface area contributed by atoms with Gasteiger partial charge in [-0.15, -0.1) is 0 Å². The Hall–Kier alpha value is -1.69. The molecule has 1 heterocycles. The molecule has 0 unspecified atom stereocenters. The summed E-state index contributed by atoms with van der Waals surface area (Å²) in [7, 11) is 0. The van der Waals surface area contributed by atoms with Gasteiger partial charge in [-0.25, -0.2) is 4.39 Å². The van der Waals surface area contributed by atoms with E-state index >= 15 is 0 Å². The predicted octanol–water partition coefficient (Wildman–Crippen LogP) is 0.760. The van der Waals surface area contributed by atoms with Crippen LogP contribution in [-0.4, -0.2) is 42.0 Å². The van der Waals surface area contributed by atoms with Gasteiger partial charge in [0.2, 0.25) is 0 Å². The number of rotatable bonds is 1. The van der Waals surface area contributed by atoms with Crippen molar-refractivity contribution in [1.29, 1.82) is 0 Å². The lowest BCUT2D eigenvalue weighted by molar-refractivity contribution is -0.112. The monoisotopic (exact) mass is 267 g/mol. The normalized spacial score (nSPS) is 15.6. The van der Waals surface area contributed by atoms with E-state index in [9.17, 15) is 9.18 Å². The number of nitrogens with zero attached hydrogens (tertiary/aromatic N) is 2. The van der Waals surface area contributed by atoms with Gasteiger partial charge < -0.3 is 15.5 Å². The third-order valence-electron chi connectivity index (χ3n) is 2.97. The first-order chi connectivity index (χ1) is 8.58. The van der Waals surface area contributed by atoms with E-state index in [-0.39, 0.29) is 10.8 Å². The smallest absolute Gasteiger partial charge is 0.276 e. The molecule has 0 atom stereocenters. The summed E-state index contributed by atoms with van der Waals surface area (Å²) in [6.07, 6.45) is 0. The minimum Gasteiger partial charge on any atom is -0.368 e. The molecular weight excluding hydrogens is 253 g/mol. The van der Waals surface area contributed by atoms with E-state index in [4.69, 9.17) is 18.0 Å². The minimum atomic E-state index is -0.555. The van der Waals surface area contributed by atoms with Crippen molar-refractivity contribution in [3.05, 3.63) is 30.1 Å². The SMILES string of the molecule is NC(=O)C(=S)N1CCN(c2ccc(F)cc2)CC1. The van der Waals surface area contributed by atoms with Crippen molar-refractivity contribution in [2.24, 2.45) is 5.73 Å². The van der Waals surface area contributed by atoms with Crippen LogP contribution in [0.15, 0.2) is 24.3 Å². The van der Waals surface area contributed by atoms with Crippen molar-refractivity contribution in [3.63, 3.8) is 0 Å². The van der Waals surface area contributed by atoms with Crippen LogP contribution in [-0.2, 0) is 4.79 Å². The average molecular weight is 267 g/mol. The zero-order valence-electron chi connectivity index (χ0n) is 9.80. The van der Waals surface area contributed by atoms with Crippen LogP contribution < -0.4 is 10.6 Å². The minimum absolute atomic E-state index is 0.189. The van der Waals surface area contributed by atoms with Gasteiger partial charge in [0.15, 0.2) is 4.99 Å². The summed E-state index contributed by atoms with van der Waals surface area (Å²) >= 11 is 4.95. The largest absolute Gasteiger partial charge is 0.368 e. The lowest BCUT2D eigenvalue weighted by Gasteiger charge is -2.36. The Morgan fingerprint density at radius 1 is 1.17 bits per heavy atom. The van der Waals surface area contributed by atoms with Gasteiger partial charge in [0.1, 0.15) is 5.82 Å². The molecule has 0 bridgehead atoms. The number of halogens is 1. The molecule has 1 aromatic rings. The van der Waals surface area contributed by atoms with Crippen molar-refractivity contribution in [3.8, 4) is 0 Å². The van der Waals surface area contributed by atoms with Gasteiger partial charge in [-0.1, -0.05) is 12.2 Å². The second-order valence-corrected chi connectivity index (χ2v) is 4.51. The van der Waals surface area contributed by atoms with Crippen molar-refractivity contribution >= 4 is 28.8 Å². The van der Waals surface area contributed by atoms with Crippen LogP contribution >= 0.6 is 12.2 Å². The summed E-state index contributed by atoms with van der Waals surface area (Å²) in [5, 5.41) is 0. The van der Waals surface area contributed by atoms with E-state index in [2.05, 4.69) is 4.90 Å². The van der Waals surface area contributed by atoms with E-state index in [0.29, 0.717) is 13.1 Å². The second-order valence-electron chi connectivity index (χ2n) is 4.12. The highest BCUT2D eigenvalue weighted by atomic mass is 32.1. The molecule has 1 amide bonds. The summed E-state index contributed by atoms with van der Waals surface area (Å²) in [6, 6.07) is 6.38. The van der Waals surface area contributed by atoms with Crippen molar-refractivity contribution < 1.29 is 9.18 Å². The lowest BCUT2D eigenvalue weighted by atomic mass is 10.2. The van der Waals surface area contributed by atoms with E-state index in [1.165, 1.54) is 12.1 Å². The first-order valence-electron chi connectivity index (χ1n) is 5.67. The van der Waals surface area contributed by atoms with Crippen molar-refractivity contribution in [1.82, 2.24) is 4.90 Å². The number of piperazine rings is 1. The summed E-state index contributed by atoms with van der Waals surface area (Å²) in [6.45, 7) is 2.77. The first-order valence-corrected chi connectivity index (χ1v) is 6.08. The first kappa shape index (κ1) is 12.8. The summed E-state index contributed by atoms with van der Waals surface area (Å²) in [5.74, 6) is -0.799. The predicted molar refractivity (Wildman–Crippen MR) is 72.0 cm³/mol. The highest BCUT2D eigenvalue weighted by Gasteiger charge is 2.21. The van der Waals surface area contributed by atoms with Crippen LogP contribution in [0.5, 0.6) is 0 Å². The molecule has 0 spiro atoms. The Bertz CT molecular complexity index is 455. The number of thiocarbonyl (C=S) groups is 1. The fourth-order valence-electron chi connectivity index (χ4n) is 1.98. The maximum Gasteiger partial charge on any atom is 0.276 e. The molecule has 0 aliphatic carbocycles. The maximum atomic E-state index is 12.8. The van der Waals surface area contributed by atoms with E-state index in [0.717, 1.165) is 18.8 Å². The van der Waals surface area contributed by atoms with Crippen molar-refractivity contribution in [2.75, 3.05) is 31.1 Å². The van der Waals surface area contributed by atoms with Gasteiger partial charge in [-0.05, 0) is 24.3 Å². The number of carbonyl (C=O) groups is 1. The van der Waals surface area contributed by atoms with E-state index in [1.807, 2.05) is 0 Å². The molecule has 1 fully saturated rings. The van der Waals surface area contributed by atoms with E-state index < -0.39 is 5.91 Å². The van der Waals surface area contributed by atoms with E-state index in [1.54, 1.807) is 17.0 Å². The van der Waals surface area contributed by atoms with Gasteiger partial charge in [-0.2, -0.15) is 0 Å². The Morgan fingerprint density at radius 3 is 2.22 bits per heavy atom. The van der Waals surface area contributed by atoms with Crippen molar-refractivity contribution in [2.45, 2.75) is 0 Å². The zero-order chi connectivity index (χ0) is 13.1. The molecule has 1 aromatic carbocycles. The number of hydrogen-bond acceptors (Lipinski definition) is 3. The number of hydrogen-bond donors (Lipinski definition) is 1. The Morgan fingerprint density at radius 2 is 1.72 bits per heavy atom. The number of amides is 1. The third-order valence-corrected chi connectivity index (χ3v) is 3.43.